The van der Waals surface area contributed by atoms with E-state index in [1.165, 1.54) is 0 Å². The lowest BCUT2D eigenvalue weighted by molar-refractivity contribution is -0.121. The third-order valence-corrected chi connectivity index (χ3v) is 5.87. The van der Waals surface area contributed by atoms with Crippen molar-refractivity contribution in [1.82, 2.24) is 15.1 Å². The molecule has 33 heavy (non-hydrogen) atoms. The number of aromatic nitrogens is 2. The normalized spacial score (nSPS) is 16.3. The monoisotopic (exact) mass is 445 g/mol. The third kappa shape index (κ3) is 4.95. The first-order valence-electron chi connectivity index (χ1n) is 11.1. The van der Waals surface area contributed by atoms with Gasteiger partial charge in [-0.1, -0.05) is 30.7 Å². The Kier molecular flexibility index (Phi) is 7.13. The second-order valence-corrected chi connectivity index (χ2v) is 8.00. The number of nitrogens with one attached hydrogen (secondary N) is 1. The molecule has 1 unspecified atom stereocenters. The predicted molar refractivity (Wildman–Crippen MR) is 126 cm³/mol. The molecule has 0 radical (unpaired) electrons. The number of hydrogen-bond acceptors (Lipinski definition) is 7. The summed E-state index contributed by atoms with van der Waals surface area (Å²) in [6.07, 6.45) is 2.98. The maximum Gasteiger partial charge on any atom is 0.242 e. The maximum atomic E-state index is 13.0. The molecule has 2 aromatic carbocycles. The average Bonchev–Trinajstić information content (AvgIpc) is 2.85. The van der Waals surface area contributed by atoms with E-state index in [0.717, 1.165) is 36.6 Å². The number of piperidine rings is 1. The molecule has 1 aromatic heterocycles. The highest BCUT2D eigenvalue weighted by molar-refractivity contribution is 6.06. The number of carbonyl (C=O) groups excluding carboxylic acids is 1. The molecule has 1 fully saturated rings. The number of anilines is 1. The minimum absolute atomic E-state index is 0.0623. The van der Waals surface area contributed by atoms with Gasteiger partial charge >= 0.3 is 0 Å². The molecule has 3 aromatic rings. The number of nitrogens with zero attached hydrogens (tertiary/aromatic N) is 4. The van der Waals surface area contributed by atoms with Crippen LogP contribution in [0.25, 0.3) is 22.0 Å². The van der Waals surface area contributed by atoms with Crippen LogP contribution in [0.2, 0.25) is 0 Å². The van der Waals surface area contributed by atoms with Gasteiger partial charge in [0.2, 0.25) is 5.91 Å². The van der Waals surface area contributed by atoms with Crippen molar-refractivity contribution in [3.8, 4) is 23.1 Å². The summed E-state index contributed by atoms with van der Waals surface area (Å²) >= 11 is 0. The van der Waals surface area contributed by atoms with Crippen molar-refractivity contribution in [3.05, 3.63) is 48.0 Å². The van der Waals surface area contributed by atoms with Crippen LogP contribution >= 0.6 is 0 Å². The van der Waals surface area contributed by atoms with Crippen LogP contribution < -0.4 is 10.1 Å². The molecular weight excluding hydrogens is 418 g/mol. The third-order valence-electron chi connectivity index (χ3n) is 5.87. The minimum atomic E-state index is -0.170. The Balaban J connectivity index is 1.71. The molecule has 4 rings (SSSR count). The molecule has 1 saturated heterocycles. The smallest absolute Gasteiger partial charge is 0.242 e. The van der Waals surface area contributed by atoms with E-state index in [1.807, 2.05) is 38.2 Å². The molecule has 0 saturated carbocycles. The second kappa shape index (κ2) is 10.4. The van der Waals surface area contributed by atoms with Crippen LogP contribution in [0.3, 0.4) is 0 Å². The van der Waals surface area contributed by atoms with E-state index in [4.69, 9.17) is 9.47 Å². The van der Waals surface area contributed by atoms with Crippen molar-refractivity contribution < 1.29 is 14.3 Å². The first-order chi connectivity index (χ1) is 16.1. The zero-order chi connectivity index (χ0) is 23.2. The molecule has 8 heteroatoms. The Morgan fingerprint density at radius 3 is 2.79 bits per heavy atom. The zero-order valence-electron chi connectivity index (χ0n) is 18.9. The summed E-state index contributed by atoms with van der Waals surface area (Å²) in [4.78, 5) is 15.0. The van der Waals surface area contributed by atoms with Gasteiger partial charge in [-0.2, -0.15) is 5.26 Å². The number of amides is 1. The van der Waals surface area contributed by atoms with Gasteiger partial charge in [0, 0.05) is 22.9 Å². The van der Waals surface area contributed by atoms with Crippen LogP contribution in [0.4, 0.5) is 5.82 Å². The van der Waals surface area contributed by atoms with Gasteiger partial charge in [-0.15, -0.1) is 10.2 Å². The highest BCUT2D eigenvalue weighted by Gasteiger charge is 2.27. The van der Waals surface area contributed by atoms with E-state index >= 15 is 0 Å². The number of ether oxygens (including phenoxy) is 2. The van der Waals surface area contributed by atoms with Crippen molar-refractivity contribution in [2.45, 2.75) is 32.2 Å². The fourth-order valence-electron chi connectivity index (χ4n) is 4.10. The van der Waals surface area contributed by atoms with Crippen LogP contribution in [-0.4, -0.2) is 54.0 Å². The van der Waals surface area contributed by atoms with E-state index in [0.29, 0.717) is 35.0 Å². The second-order valence-electron chi connectivity index (χ2n) is 8.00. The predicted octanol–water partition coefficient (Wildman–Crippen LogP) is 3.96. The summed E-state index contributed by atoms with van der Waals surface area (Å²) in [7, 11) is 1.98. The van der Waals surface area contributed by atoms with E-state index in [9.17, 15) is 10.1 Å². The van der Waals surface area contributed by atoms with Crippen molar-refractivity contribution in [3.63, 3.8) is 0 Å². The summed E-state index contributed by atoms with van der Waals surface area (Å²) in [5.41, 5.74) is 1.78. The molecule has 0 spiro atoms. The highest BCUT2D eigenvalue weighted by Crippen LogP contribution is 2.36. The Morgan fingerprint density at radius 1 is 1.21 bits per heavy atom. The maximum absolute atomic E-state index is 13.0. The number of rotatable bonds is 7. The number of likely N-dealkylation sites (tertiary alicyclic amines) is 1. The van der Waals surface area contributed by atoms with Gasteiger partial charge in [0.05, 0.1) is 17.7 Å². The van der Waals surface area contributed by atoms with Gasteiger partial charge in [0.25, 0.3) is 0 Å². The molecule has 1 aliphatic heterocycles. The number of nitriles is 1. The Labute approximate surface area is 193 Å². The summed E-state index contributed by atoms with van der Waals surface area (Å²) in [6, 6.07) is 14.8. The molecule has 2 heterocycles. The lowest BCUT2D eigenvalue weighted by Gasteiger charge is -2.31. The zero-order valence-corrected chi connectivity index (χ0v) is 18.9. The highest BCUT2D eigenvalue weighted by atomic mass is 16.7. The molecule has 1 aliphatic rings. The summed E-state index contributed by atoms with van der Waals surface area (Å²) in [5, 5.41) is 22.7. The SMILES string of the molecule is CCOCOc1cc(C#N)ccc1-c1nnc(NC(=O)C2CCCCN2C)c2ccccc12. The molecular formula is C25H27N5O3. The number of carbonyl (C=O) groups is 1. The van der Waals surface area contributed by atoms with Crippen molar-refractivity contribution >= 4 is 22.5 Å². The van der Waals surface area contributed by atoms with Crippen LogP contribution in [-0.2, 0) is 9.53 Å². The van der Waals surface area contributed by atoms with Crippen LogP contribution in [0, 0.1) is 11.3 Å². The van der Waals surface area contributed by atoms with Crippen molar-refractivity contribution in [2.24, 2.45) is 0 Å². The Morgan fingerprint density at radius 2 is 2.03 bits per heavy atom. The molecule has 1 atom stereocenters. The van der Waals surface area contributed by atoms with Gasteiger partial charge in [-0.05, 0) is 51.6 Å². The molecule has 1 N–H and O–H groups in total. The molecule has 1 amide bonds. The molecule has 170 valence electrons. The van der Waals surface area contributed by atoms with Gasteiger partial charge in [-0.3, -0.25) is 9.69 Å². The number of benzene rings is 2. The van der Waals surface area contributed by atoms with Gasteiger partial charge in [-0.25, -0.2) is 0 Å². The lowest BCUT2D eigenvalue weighted by atomic mass is 10.0. The fraction of sp³-hybridized carbons (Fsp3) is 0.360. The van der Waals surface area contributed by atoms with Gasteiger partial charge < -0.3 is 14.8 Å². The Bertz CT molecular complexity index is 1190. The van der Waals surface area contributed by atoms with E-state index < -0.39 is 0 Å². The molecule has 8 nitrogen and oxygen atoms in total. The largest absolute Gasteiger partial charge is 0.467 e. The lowest BCUT2D eigenvalue weighted by Crippen LogP contribution is -2.44. The summed E-state index contributed by atoms with van der Waals surface area (Å²) < 4.78 is 11.1. The number of fused-ring (bicyclic) bond motifs is 1. The Hall–Kier alpha value is -3.54. The average molecular weight is 446 g/mol. The van der Waals surface area contributed by atoms with Crippen molar-refractivity contribution in [2.75, 3.05) is 32.3 Å². The number of hydrogen-bond donors (Lipinski definition) is 1. The molecule has 0 aliphatic carbocycles. The van der Waals surface area contributed by atoms with E-state index in [2.05, 4.69) is 26.5 Å². The first kappa shape index (κ1) is 22.6. The van der Waals surface area contributed by atoms with Crippen LogP contribution in [0.15, 0.2) is 42.5 Å². The van der Waals surface area contributed by atoms with E-state index in [1.54, 1.807) is 18.2 Å². The first-order valence-corrected chi connectivity index (χ1v) is 11.1. The van der Waals surface area contributed by atoms with Crippen LogP contribution in [0.1, 0.15) is 31.7 Å². The fourth-order valence-corrected chi connectivity index (χ4v) is 4.10. The van der Waals surface area contributed by atoms with Gasteiger partial charge in [0.1, 0.15) is 11.4 Å². The standard InChI is InChI=1S/C25H27N5O3/c1-3-32-16-33-22-14-17(15-26)11-12-20(22)23-18-8-4-5-9-19(18)24(29-28-23)27-25(31)21-10-6-7-13-30(21)2/h4-5,8-9,11-12,14,21H,3,6-7,10,13,16H2,1-2H3,(H,27,29,31). The molecule has 0 bridgehead atoms. The number of likely N-dealkylation sites (N-methyl/N-ethyl adjacent to an activating group) is 1. The van der Waals surface area contributed by atoms with E-state index in [-0.39, 0.29) is 18.7 Å². The summed E-state index contributed by atoms with van der Waals surface area (Å²) in [6.45, 7) is 3.37. The minimum Gasteiger partial charge on any atom is -0.467 e. The summed E-state index contributed by atoms with van der Waals surface area (Å²) in [5.74, 6) is 0.856. The quantitative estimate of drug-likeness (QED) is 0.434. The topological polar surface area (TPSA) is 100 Å². The van der Waals surface area contributed by atoms with Crippen molar-refractivity contribution in [1.29, 1.82) is 5.26 Å². The van der Waals surface area contributed by atoms with Crippen LogP contribution in [0.5, 0.6) is 5.75 Å². The van der Waals surface area contributed by atoms with Gasteiger partial charge in [0.15, 0.2) is 12.6 Å².